The minimum absolute atomic E-state index is 0.160. The fourth-order valence-electron chi connectivity index (χ4n) is 2.99. The molecule has 1 atom stereocenters. The highest BCUT2D eigenvalue weighted by Gasteiger charge is 2.23. The van der Waals surface area contributed by atoms with Gasteiger partial charge in [-0.25, -0.2) is 4.79 Å². The SMILES string of the molecule is CCOc1ccc(NC(=O)OC(Cn2nc(C(C)C)cc2C(C)C)C(C)C)cc1. The van der Waals surface area contributed by atoms with Gasteiger partial charge < -0.3 is 9.47 Å². The van der Waals surface area contributed by atoms with Gasteiger partial charge in [-0.2, -0.15) is 5.10 Å². The van der Waals surface area contributed by atoms with Crippen LogP contribution in [0.15, 0.2) is 30.3 Å². The van der Waals surface area contributed by atoms with E-state index in [1.807, 2.05) is 23.7 Å². The molecule has 1 amide bonds. The van der Waals surface area contributed by atoms with Crippen LogP contribution < -0.4 is 10.1 Å². The lowest BCUT2D eigenvalue weighted by molar-refractivity contribution is 0.0672. The maximum Gasteiger partial charge on any atom is 0.411 e. The van der Waals surface area contributed by atoms with Gasteiger partial charge in [0.2, 0.25) is 0 Å². The number of benzene rings is 1. The van der Waals surface area contributed by atoms with Crippen molar-refractivity contribution in [3.8, 4) is 5.75 Å². The lowest BCUT2D eigenvalue weighted by atomic mass is 10.1. The van der Waals surface area contributed by atoms with E-state index < -0.39 is 6.09 Å². The fourth-order valence-corrected chi connectivity index (χ4v) is 2.99. The lowest BCUT2D eigenvalue weighted by Crippen LogP contribution is -2.31. The molecule has 1 aromatic heterocycles. The Labute approximate surface area is 174 Å². The zero-order valence-electron chi connectivity index (χ0n) is 18.7. The van der Waals surface area contributed by atoms with Gasteiger partial charge in [0.05, 0.1) is 18.8 Å². The van der Waals surface area contributed by atoms with E-state index in [4.69, 9.17) is 14.6 Å². The number of amides is 1. The maximum absolute atomic E-state index is 12.5. The topological polar surface area (TPSA) is 65.4 Å². The summed E-state index contributed by atoms with van der Waals surface area (Å²) in [5.74, 6) is 1.63. The van der Waals surface area contributed by atoms with Crippen LogP contribution in [-0.2, 0) is 11.3 Å². The standard InChI is InChI=1S/C23H35N3O3/c1-8-28-19-11-9-18(10-12-19)24-23(27)29-22(17(6)7)14-26-21(16(4)5)13-20(25-26)15(2)3/h9-13,15-17,22H,8,14H2,1-7H3,(H,24,27). The van der Waals surface area contributed by atoms with Gasteiger partial charge in [-0.15, -0.1) is 0 Å². The van der Waals surface area contributed by atoms with Gasteiger partial charge in [-0.05, 0) is 55.0 Å². The first kappa shape index (κ1) is 22.8. The van der Waals surface area contributed by atoms with Crippen LogP contribution in [0.4, 0.5) is 10.5 Å². The molecule has 0 radical (unpaired) electrons. The van der Waals surface area contributed by atoms with E-state index >= 15 is 0 Å². The average molecular weight is 402 g/mol. The number of hydrogen-bond acceptors (Lipinski definition) is 4. The van der Waals surface area contributed by atoms with E-state index in [9.17, 15) is 4.79 Å². The summed E-state index contributed by atoms with van der Waals surface area (Å²) in [6.07, 6.45) is -0.745. The highest BCUT2D eigenvalue weighted by atomic mass is 16.6. The molecule has 1 N–H and O–H groups in total. The maximum atomic E-state index is 12.5. The van der Waals surface area contributed by atoms with Crippen molar-refractivity contribution in [2.24, 2.45) is 5.92 Å². The normalized spacial score (nSPS) is 12.5. The van der Waals surface area contributed by atoms with Gasteiger partial charge in [-0.3, -0.25) is 10.00 Å². The molecule has 160 valence electrons. The van der Waals surface area contributed by atoms with E-state index in [1.165, 1.54) is 0 Å². The Morgan fingerprint density at radius 3 is 2.24 bits per heavy atom. The van der Waals surface area contributed by atoms with Crippen LogP contribution >= 0.6 is 0 Å². The van der Waals surface area contributed by atoms with Crippen molar-refractivity contribution in [3.05, 3.63) is 41.7 Å². The van der Waals surface area contributed by atoms with Crippen LogP contribution in [0.3, 0.4) is 0 Å². The van der Waals surface area contributed by atoms with Crippen LogP contribution in [0, 0.1) is 5.92 Å². The van der Waals surface area contributed by atoms with Gasteiger partial charge in [0.15, 0.2) is 0 Å². The van der Waals surface area contributed by atoms with Crippen molar-refractivity contribution in [3.63, 3.8) is 0 Å². The number of carbonyl (C=O) groups is 1. The largest absolute Gasteiger partial charge is 0.494 e. The molecule has 29 heavy (non-hydrogen) atoms. The Bertz CT molecular complexity index is 779. The molecule has 0 spiro atoms. The van der Waals surface area contributed by atoms with E-state index in [2.05, 4.69) is 52.9 Å². The Balaban J connectivity index is 2.07. The third-order valence-electron chi connectivity index (χ3n) is 4.78. The van der Waals surface area contributed by atoms with Crippen LogP contribution in [0.5, 0.6) is 5.75 Å². The molecule has 2 rings (SSSR count). The predicted molar refractivity (Wildman–Crippen MR) is 117 cm³/mol. The zero-order chi connectivity index (χ0) is 21.6. The van der Waals surface area contributed by atoms with Crippen LogP contribution in [-0.4, -0.2) is 28.6 Å². The summed E-state index contributed by atoms with van der Waals surface area (Å²) >= 11 is 0. The molecule has 6 heteroatoms. The van der Waals surface area contributed by atoms with Gasteiger partial charge in [0.25, 0.3) is 0 Å². The minimum atomic E-state index is -0.463. The number of ether oxygens (including phenoxy) is 2. The number of aromatic nitrogens is 2. The zero-order valence-corrected chi connectivity index (χ0v) is 18.7. The molecule has 1 aromatic carbocycles. The highest BCUT2D eigenvalue weighted by molar-refractivity contribution is 5.84. The number of anilines is 1. The molecule has 0 saturated carbocycles. The lowest BCUT2D eigenvalue weighted by Gasteiger charge is -2.23. The van der Waals surface area contributed by atoms with Gasteiger partial charge in [-0.1, -0.05) is 41.5 Å². The van der Waals surface area contributed by atoms with Crippen molar-refractivity contribution in [1.82, 2.24) is 9.78 Å². The summed E-state index contributed by atoms with van der Waals surface area (Å²) in [4.78, 5) is 12.5. The first-order chi connectivity index (χ1) is 13.7. The van der Waals surface area contributed by atoms with Crippen molar-refractivity contribution < 1.29 is 14.3 Å². The summed E-state index contributed by atoms with van der Waals surface area (Å²) in [5.41, 5.74) is 2.90. The molecular formula is C23H35N3O3. The van der Waals surface area contributed by atoms with Crippen molar-refractivity contribution >= 4 is 11.8 Å². The first-order valence-corrected chi connectivity index (χ1v) is 10.5. The molecule has 0 aliphatic rings. The number of nitrogens with one attached hydrogen (secondary N) is 1. The number of carbonyl (C=O) groups excluding carboxylic acids is 1. The van der Waals surface area contributed by atoms with Crippen molar-refractivity contribution in [2.75, 3.05) is 11.9 Å². The molecule has 1 unspecified atom stereocenters. The molecule has 0 aliphatic heterocycles. The van der Waals surface area contributed by atoms with Crippen LogP contribution in [0.25, 0.3) is 0 Å². The molecule has 0 fully saturated rings. The fraction of sp³-hybridized carbons (Fsp3) is 0.565. The summed E-state index contributed by atoms with van der Waals surface area (Å²) in [6, 6.07) is 9.41. The summed E-state index contributed by atoms with van der Waals surface area (Å²) in [6.45, 7) is 15.8. The number of hydrogen-bond donors (Lipinski definition) is 1. The van der Waals surface area contributed by atoms with Gasteiger partial charge in [0, 0.05) is 11.4 Å². The Morgan fingerprint density at radius 1 is 1.07 bits per heavy atom. The molecule has 2 aromatic rings. The van der Waals surface area contributed by atoms with E-state index in [-0.39, 0.29) is 12.0 Å². The van der Waals surface area contributed by atoms with Crippen LogP contribution in [0.1, 0.15) is 71.7 Å². The summed E-state index contributed by atoms with van der Waals surface area (Å²) in [5, 5.41) is 7.56. The second kappa shape index (κ2) is 10.3. The second-order valence-electron chi connectivity index (χ2n) is 8.26. The Kier molecular flexibility index (Phi) is 8.11. The number of nitrogens with zero attached hydrogens (tertiary/aromatic N) is 2. The van der Waals surface area contributed by atoms with E-state index in [1.54, 1.807) is 12.1 Å². The third-order valence-corrected chi connectivity index (χ3v) is 4.78. The highest BCUT2D eigenvalue weighted by Crippen LogP contribution is 2.23. The number of rotatable bonds is 9. The quantitative estimate of drug-likeness (QED) is 0.576. The molecule has 0 bridgehead atoms. The molecule has 1 heterocycles. The summed E-state index contributed by atoms with van der Waals surface area (Å²) < 4.78 is 13.2. The molecule has 0 aliphatic carbocycles. The second-order valence-corrected chi connectivity index (χ2v) is 8.26. The Hall–Kier alpha value is -2.50. The average Bonchev–Trinajstić information content (AvgIpc) is 3.07. The predicted octanol–water partition coefficient (Wildman–Crippen LogP) is 5.80. The molecular weight excluding hydrogens is 366 g/mol. The van der Waals surface area contributed by atoms with Crippen molar-refractivity contribution in [1.29, 1.82) is 0 Å². The van der Waals surface area contributed by atoms with E-state index in [0.29, 0.717) is 30.7 Å². The molecule has 0 saturated heterocycles. The van der Waals surface area contributed by atoms with Gasteiger partial charge >= 0.3 is 6.09 Å². The van der Waals surface area contributed by atoms with Gasteiger partial charge in [0.1, 0.15) is 11.9 Å². The summed E-state index contributed by atoms with van der Waals surface area (Å²) in [7, 11) is 0. The van der Waals surface area contributed by atoms with E-state index in [0.717, 1.165) is 17.1 Å². The molecule has 6 nitrogen and oxygen atoms in total. The van der Waals surface area contributed by atoms with Crippen LogP contribution in [0.2, 0.25) is 0 Å². The third kappa shape index (κ3) is 6.51. The monoisotopic (exact) mass is 401 g/mol. The minimum Gasteiger partial charge on any atom is -0.494 e. The van der Waals surface area contributed by atoms with Crippen molar-refractivity contribution in [2.45, 2.75) is 73.0 Å². The first-order valence-electron chi connectivity index (χ1n) is 10.5. The smallest absolute Gasteiger partial charge is 0.411 e. The Morgan fingerprint density at radius 2 is 1.72 bits per heavy atom.